The highest BCUT2D eigenvalue weighted by molar-refractivity contribution is 7.47. The third-order valence-electron chi connectivity index (χ3n) is 16.2. The first kappa shape index (κ1) is 88.5. The molecule has 0 bridgehead atoms. The van der Waals surface area contributed by atoms with Crippen LogP contribution in [0.5, 0.6) is 0 Å². The maximum atomic E-state index is 13.0. The van der Waals surface area contributed by atoms with Crippen LogP contribution in [0.1, 0.15) is 349 Å². The van der Waals surface area contributed by atoms with Crippen LogP contribution in [0.4, 0.5) is 0 Å². The molecule has 0 radical (unpaired) electrons. The minimum Gasteiger partial charge on any atom is -0.462 e. The first-order valence-corrected chi connectivity index (χ1v) is 39.9. The van der Waals surface area contributed by atoms with Gasteiger partial charge in [-0.25, -0.2) is 9.13 Å². The lowest BCUT2D eigenvalue weighted by atomic mass is 10.0. The molecule has 19 heteroatoms. The molecule has 0 fully saturated rings. The van der Waals surface area contributed by atoms with E-state index in [-0.39, 0.29) is 25.7 Å². The van der Waals surface area contributed by atoms with Gasteiger partial charge in [0.15, 0.2) is 12.2 Å². The summed E-state index contributed by atoms with van der Waals surface area (Å²) in [4.78, 5) is 72.3. The zero-order chi connectivity index (χ0) is 67.0. The van der Waals surface area contributed by atoms with Gasteiger partial charge in [0, 0.05) is 25.7 Å². The largest absolute Gasteiger partial charge is 0.472 e. The topological polar surface area (TPSA) is 237 Å². The molecule has 5 atom stereocenters. The van der Waals surface area contributed by atoms with Crippen LogP contribution in [0.15, 0.2) is 24.3 Å². The van der Waals surface area contributed by atoms with Crippen molar-refractivity contribution in [2.75, 3.05) is 39.6 Å². The normalized spacial score (nSPS) is 14.2. The molecule has 0 aliphatic rings. The van der Waals surface area contributed by atoms with Gasteiger partial charge >= 0.3 is 39.5 Å². The van der Waals surface area contributed by atoms with E-state index in [4.69, 9.17) is 37.0 Å². The van der Waals surface area contributed by atoms with Crippen molar-refractivity contribution in [1.82, 2.24) is 0 Å². The van der Waals surface area contributed by atoms with E-state index in [1.807, 2.05) is 0 Å². The average Bonchev–Trinajstić information content (AvgIpc) is 3.63. The summed E-state index contributed by atoms with van der Waals surface area (Å²) in [6.45, 7) is 7.11. The van der Waals surface area contributed by atoms with Gasteiger partial charge in [0.25, 0.3) is 0 Å². The van der Waals surface area contributed by atoms with E-state index in [0.717, 1.165) is 121 Å². The summed E-state index contributed by atoms with van der Waals surface area (Å²) in [5, 5.41) is 10.6. The molecule has 0 aromatic rings. The number of rotatable bonds is 70. The molecule has 0 aliphatic carbocycles. The van der Waals surface area contributed by atoms with Crippen LogP contribution < -0.4 is 0 Å². The van der Waals surface area contributed by atoms with Crippen LogP contribution in [-0.4, -0.2) is 96.7 Å². The molecule has 17 nitrogen and oxygen atoms in total. The zero-order valence-corrected chi connectivity index (χ0v) is 60.3. The predicted octanol–water partition coefficient (Wildman–Crippen LogP) is 20.5. The van der Waals surface area contributed by atoms with Gasteiger partial charge in [-0.3, -0.25) is 37.3 Å². The summed E-state index contributed by atoms with van der Waals surface area (Å²) in [5.41, 5.74) is 0. The monoisotopic (exact) mass is 1330 g/mol. The summed E-state index contributed by atoms with van der Waals surface area (Å²) in [5.74, 6) is -1.40. The summed E-state index contributed by atoms with van der Waals surface area (Å²) in [7, 11) is -9.91. The second-order valence-electron chi connectivity index (χ2n) is 25.8. The molecular weight excluding hydrogens is 1200 g/mol. The lowest BCUT2D eigenvalue weighted by Crippen LogP contribution is -2.30. The molecule has 0 heterocycles. The van der Waals surface area contributed by atoms with Crippen LogP contribution >= 0.6 is 15.6 Å². The van der Waals surface area contributed by atoms with Gasteiger partial charge < -0.3 is 33.8 Å². The number of esters is 4. The Morgan fingerprint density at radius 1 is 0.341 bits per heavy atom. The average molecular weight is 1340 g/mol. The number of aliphatic hydroxyl groups excluding tert-OH is 1. The third-order valence-corrected chi connectivity index (χ3v) is 18.1. The second kappa shape index (κ2) is 64.9. The lowest BCUT2D eigenvalue weighted by Gasteiger charge is -2.21. The van der Waals surface area contributed by atoms with Gasteiger partial charge in [-0.1, -0.05) is 296 Å². The fourth-order valence-corrected chi connectivity index (χ4v) is 12.0. The number of carbonyl (C=O) groups excluding carboxylic acids is 4. The van der Waals surface area contributed by atoms with Crippen LogP contribution in [-0.2, 0) is 65.4 Å². The molecule has 536 valence electrons. The van der Waals surface area contributed by atoms with E-state index in [1.165, 1.54) is 148 Å². The Kier molecular flexibility index (Phi) is 63.1. The SMILES string of the molecule is CCCCCC/C=C\C=C/CCCCCCCC(=O)OC[C@H](COP(=O)(O)OC[C@@H](O)COP(=O)(O)OC[C@@H](COC(=O)CCCCCCC)OC(=O)CCCCCCCCCCCCCC(C)C)OC(=O)CCCCCCCCCCCCCCCCCCC. The number of hydrogen-bond acceptors (Lipinski definition) is 15. The highest BCUT2D eigenvalue weighted by Gasteiger charge is 2.30. The lowest BCUT2D eigenvalue weighted by molar-refractivity contribution is -0.161. The van der Waals surface area contributed by atoms with Crippen LogP contribution in [0.25, 0.3) is 0 Å². The molecule has 91 heavy (non-hydrogen) atoms. The van der Waals surface area contributed by atoms with E-state index in [9.17, 15) is 43.2 Å². The summed E-state index contributed by atoms with van der Waals surface area (Å²) >= 11 is 0. The smallest absolute Gasteiger partial charge is 0.462 e. The maximum Gasteiger partial charge on any atom is 0.472 e. The molecule has 3 N–H and O–H groups in total. The zero-order valence-electron chi connectivity index (χ0n) is 58.5. The predicted molar refractivity (Wildman–Crippen MR) is 368 cm³/mol. The maximum absolute atomic E-state index is 13.0. The fourth-order valence-electron chi connectivity index (χ4n) is 10.5. The fraction of sp³-hybridized carbons (Fsp3) is 0.889. The van der Waals surface area contributed by atoms with Crippen molar-refractivity contribution < 1.29 is 80.2 Å². The number of unbranched alkanes of at least 4 members (excludes halogenated alkanes) is 39. The van der Waals surface area contributed by atoms with E-state index in [0.29, 0.717) is 25.7 Å². The molecule has 0 spiro atoms. The Morgan fingerprint density at radius 2 is 0.593 bits per heavy atom. The minimum absolute atomic E-state index is 0.102. The van der Waals surface area contributed by atoms with Crippen molar-refractivity contribution in [1.29, 1.82) is 0 Å². The molecule has 0 aromatic heterocycles. The molecule has 0 rings (SSSR count). The van der Waals surface area contributed by atoms with Crippen molar-refractivity contribution in [2.45, 2.75) is 368 Å². The van der Waals surface area contributed by atoms with Gasteiger partial charge in [0.1, 0.15) is 19.3 Å². The number of ether oxygens (including phenoxy) is 4. The molecule has 0 amide bonds. The summed E-state index contributed by atoms with van der Waals surface area (Å²) in [6, 6.07) is 0. The van der Waals surface area contributed by atoms with E-state index < -0.39 is 97.5 Å². The first-order valence-electron chi connectivity index (χ1n) is 37.0. The standard InChI is InChI=1S/C72H136O17P2/c1-6-9-12-15-17-19-21-23-25-26-28-30-34-38-42-47-52-57-72(77)89-68(62-83-70(75)56-51-46-41-37-33-29-27-24-22-20-18-16-13-10-7-2)64-87-91(80,81)85-60-66(73)59-84-90(78,79)86-63-67(61-82-69(74)55-50-44-14-11-8-3)88-71(76)58-53-48-43-39-35-31-32-36-40-45-49-54-65(4)5/h20,22,24,27,65-68,73H,6-19,21,23,25-26,28-64H2,1-5H3,(H,78,79)(H,80,81)/b22-20-,27-24-/t66-,67+,68+/m0/s1. The van der Waals surface area contributed by atoms with Gasteiger partial charge in [-0.15, -0.1) is 0 Å². The van der Waals surface area contributed by atoms with Gasteiger partial charge in [0.05, 0.1) is 26.4 Å². The molecule has 0 aliphatic heterocycles. The number of hydrogen-bond donors (Lipinski definition) is 3. The quantitative estimate of drug-likeness (QED) is 0.0169. The van der Waals surface area contributed by atoms with Crippen molar-refractivity contribution in [3.05, 3.63) is 24.3 Å². The van der Waals surface area contributed by atoms with E-state index in [2.05, 4.69) is 58.9 Å². The van der Waals surface area contributed by atoms with Gasteiger partial charge in [-0.05, 0) is 57.3 Å². The second-order valence-corrected chi connectivity index (χ2v) is 28.7. The number of phosphoric acid groups is 2. The van der Waals surface area contributed by atoms with Crippen LogP contribution in [0.2, 0.25) is 0 Å². The Labute approximate surface area is 554 Å². The molecule has 0 aromatic carbocycles. The number of carbonyl (C=O) groups is 4. The Balaban J connectivity index is 5.19. The Bertz CT molecular complexity index is 1850. The number of aliphatic hydroxyl groups is 1. The van der Waals surface area contributed by atoms with Crippen LogP contribution in [0.3, 0.4) is 0 Å². The summed E-state index contributed by atoms with van der Waals surface area (Å²) in [6.07, 6.45) is 55.3. The van der Waals surface area contributed by atoms with Crippen molar-refractivity contribution in [3.63, 3.8) is 0 Å². The Hall–Kier alpha value is -2.46. The number of allylic oxidation sites excluding steroid dienone is 4. The molecule has 2 unspecified atom stereocenters. The highest BCUT2D eigenvalue weighted by atomic mass is 31.2. The van der Waals surface area contributed by atoms with Crippen LogP contribution in [0, 0.1) is 5.92 Å². The van der Waals surface area contributed by atoms with Crippen molar-refractivity contribution >= 4 is 39.5 Å². The molecular formula is C72H136O17P2. The highest BCUT2D eigenvalue weighted by Crippen LogP contribution is 2.45. The Morgan fingerprint density at radius 3 is 0.901 bits per heavy atom. The van der Waals surface area contributed by atoms with Gasteiger partial charge in [-0.2, -0.15) is 0 Å². The first-order chi connectivity index (χ1) is 44.0. The minimum atomic E-state index is -4.96. The van der Waals surface area contributed by atoms with Gasteiger partial charge in [0.2, 0.25) is 0 Å². The van der Waals surface area contributed by atoms with E-state index in [1.54, 1.807) is 0 Å². The van der Waals surface area contributed by atoms with Crippen molar-refractivity contribution in [3.8, 4) is 0 Å². The molecule has 0 saturated carbocycles. The van der Waals surface area contributed by atoms with E-state index >= 15 is 0 Å². The van der Waals surface area contributed by atoms with Crippen molar-refractivity contribution in [2.24, 2.45) is 5.92 Å². The molecule has 0 saturated heterocycles. The number of phosphoric ester groups is 2. The third kappa shape index (κ3) is 66.0. The summed E-state index contributed by atoms with van der Waals surface area (Å²) < 4.78 is 68.1.